The SMILES string of the molecule is Cc1ccc(N2C(=O)C3Sc4c(sc(=O)n4CC(=O)Nc4ccccc4)[C@H](c4cccnc4)C3C2=O)cc1. The third kappa shape index (κ3) is 4.15. The molecule has 6 rings (SSSR count). The molecule has 38 heavy (non-hydrogen) atoms. The minimum atomic E-state index is -0.737. The van der Waals surface area contributed by atoms with Crippen LogP contribution in [0.4, 0.5) is 11.4 Å². The topological polar surface area (TPSA) is 101 Å². The molecule has 0 saturated carbocycles. The lowest BCUT2D eigenvalue weighted by Gasteiger charge is -2.30. The lowest BCUT2D eigenvalue weighted by atomic mass is 9.84. The summed E-state index contributed by atoms with van der Waals surface area (Å²) in [4.78, 5) is 59.4. The number of nitrogens with one attached hydrogen (secondary N) is 1. The van der Waals surface area contributed by atoms with Crippen molar-refractivity contribution in [2.75, 3.05) is 10.2 Å². The van der Waals surface area contributed by atoms with Gasteiger partial charge in [0.2, 0.25) is 17.7 Å². The predicted octanol–water partition coefficient (Wildman–Crippen LogP) is 4.05. The molecule has 8 nitrogen and oxygen atoms in total. The molecule has 2 aliphatic rings. The highest BCUT2D eigenvalue weighted by Gasteiger charge is 2.56. The van der Waals surface area contributed by atoms with Gasteiger partial charge in [-0.05, 0) is 42.8 Å². The number of carbonyl (C=O) groups excluding carboxylic acids is 3. The Morgan fingerprint density at radius 2 is 1.74 bits per heavy atom. The van der Waals surface area contributed by atoms with Gasteiger partial charge in [-0.25, -0.2) is 4.90 Å². The second kappa shape index (κ2) is 9.70. The normalized spacial score (nSPS) is 20.2. The van der Waals surface area contributed by atoms with Crippen LogP contribution in [-0.2, 0) is 20.9 Å². The summed E-state index contributed by atoms with van der Waals surface area (Å²) in [5.74, 6) is -2.21. The van der Waals surface area contributed by atoms with Gasteiger partial charge in [0, 0.05) is 28.9 Å². The zero-order chi connectivity index (χ0) is 26.4. The summed E-state index contributed by atoms with van der Waals surface area (Å²) >= 11 is 2.21. The highest BCUT2D eigenvalue weighted by Crippen LogP contribution is 2.53. The molecule has 0 aliphatic carbocycles. The molecule has 0 spiro atoms. The van der Waals surface area contributed by atoms with E-state index in [-0.39, 0.29) is 29.1 Å². The van der Waals surface area contributed by atoms with Gasteiger partial charge in [0.15, 0.2) is 0 Å². The third-order valence-electron chi connectivity index (χ3n) is 6.74. The van der Waals surface area contributed by atoms with E-state index in [0.29, 0.717) is 21.3 Å². The number of thiazole rings is 1. The van der Waals surface area contributed by atoms with Crippen LogP contribution in [0.25, 0.3) is 0 Å². The predicted molar refractivity (Wildman–Crippen MR) is 147 cm³/mol. The molecule has 4 aromatic rings. The van der Waals surface area contributed by atoms with Crippen molar-refractivity contribution in [2.45, 2.75) is 29.7 Å². The summed E-state index contributed by atoms with van der Waals surface area (Å²) in [7, 11) is 0. The number of aromatic nitrogens is 2. The van der Waals surface area contributed by atoms with Gasteiger partial charge in [0.05, 0.1) is 16.6 Å². The van der Waals surface area contributed by atoms with Crippen molar-refractivity contribution < 1.29 is 14.4 Å². The standard InChI is InChI=1S/C28H22N4O4S2/c1-16-9-11-19(12-10-16)32-25(34)22-21(17-6-5-13-29-14-17)24-27(37-23(22)26(32)35)31(28(36)38-24)15-20(33)30-18-7-3-2-4-8-18/h2-14,21-23H,15H2,1H3,(H,30,33)/t21-,22?,23?/m1/s1. The van der Waals surface area contributed by atoms with E-state index in [2.05, 4.69) is 10.3 Å². The van der Waals surface area contributed by atoms with Gasteiger partial charge >= 0.3 is 4.87 Å². The first-order valence-electron chi connectivity index (χ1n) is 12.0. The number of hydrogen-bond acceptors (Lipinski definition) is 7. The Morgan fingerprint density at radius 1 is 0.974 bits per heavy atom. The minimum Gasteiger partial charge on any atom is -0.325 e. The van der Waals surface area contributed by atoms with Gasteiger partial charge in [-0.3, -0.25) is 28.7 Å². The Labute approximate surface area is 226 Å². The van der Waals surface area contributed by atoms with Crippen molar-refractivity contribution >= 4 is 52.2 Å². The zero-order valence-corrected chi connectivity index (χ0v) is 21.9. The number of nitrogens with zero attached hydrogens (tertiary/aromatic N) is 3. The van der Waals surface area contributed by atoms with Gasteiger partial charge < -0.3 is 5.32 Å². The molecular formula is C28H22N4O4S2. The molecule has 2 unspecified atom stereocenters. The van der Waals surface area contributed by atoms with Gasteiger partial charge in [0.25, 0.3) is 0 Å². The highest BCUT2D eigenvalue weighted by atomic mass is 32.2. The fourth-order valence-corrected chi connectivity index (χ4v) is 7.76. The van der Waals surface area contributed by atoms with Crippen molar-refractivity contribution in [2.24, 2.45) is 5.92 Å². The van der Waals surface area contributed by atoms with Crippen molar-refractivity contribution in [3.63, 3.8) is 0 Å². The molecule has 3 atom stereocenters. The molecule has 4 heterocycles. The first-order valence-corrected chi connectivity index (χ1v) is 13.7. The summed E-state index contributed by atoms with van der Waals surface area (Å²) < 4.78 is 1.41. The van der Waals surface area contributed by atoms with Crippen LogP contribution >= 0.6 is 23.1 Å². The lowest BCUT2D eigenvalue weighted by Crippen LogP contribution is -2.33. The van der Waals surface area contributed by atoms with Crippen LogP contribution < -0.4 is 15.1 Å². The Morgan fingerprint density at radius 3 is 2.45 bits per heavy atom. The summed E-state index contributed by atoms with van der Waals surface area (Å²) in [6.07, 6.45) is 3.31. The summed E-state index contributed by atoms with van der Waals surface area (Å²) in [5.41, 5.74) is 2.92. The Kier molecular flexibility index (Phi) is 6.21. The molecule has 10 heteroatoms. The van der Waals surface area contributed by atoms with Crippen LogP contribution in [0.5, 0.6) is 0 Å². The molecule has 0 radical (unpaired) electrons. The van der Waals surface area contributed by atoms with Crippen LogP contribution in [0, 0.1) is 12.8 Å². The second-order valence-electron chi connectivity index (χ2n) is 9.21. The molecule has 2 aromatic carbocycles. The van der Waals surface area contributed by atoms with E-state index in [0.717, 1.165) is 22.5 Å². The number of para-hydroxylation sites is 1. The van der Waals surface area contributed by atoms with E-state index < -0.39 is 17.1 Å². The van der Waals surface area contributed by atoms with E-state index in [1.54, 1.807) is 42.7 Å². The summed E-state index contributed by atoms with van der Waals surface area (Å²) in [6, 6.07) is 19.9. The molecule has 3 amide bonds. The molecule has 1 fully saturated rings. The van der Waals surface area contributed by atoms with Gasteiger partial charge in [-0.1, -0.05) is 65.1 Å². The monoisotopic (exact) mass is 542 g/mol. The quantitative estimate of drug-likeness (QED) is 0.382. The molecule has 1 saturated heterocycles. The first kappa shape index (κ1) is 24.3. The Hall–Kier alpha value is -4.02. The van der Waals surface area contributed by atoms with E-state index >= 15 is 0 Å². The second-order valence-corrected chi connectivity index (χ2v) is 11.3. The lowest BCUT2D eigenvalue weighted by molar-refractivity contribution is -0.122. The van der Waals surface area contributed by atoms with Gasteiger partial charge in [-0.2, -0.15) is 0 Å². The van der Waals surface area contributed by atoms with Gasteiger partial charge in [0.1, 0.15) is 11.8 Å². The average molecular weight is 543 g/mol. The number of pyridine rings is 1. The van der Waals surface area contributed by atoms with E-state index in [4.69, 9.17) is 0 Å². The van der Waals surface area contributed by atoms with Crippen molar-refractivity contribution in [1.82, 2.24) is 9.55 Å². The fraction of sp³-hybridized carbons (Fsp3) is 0.179. The zero-order valence-electron chi connectivity index (χ0n) is 20.2. The number of anilines is 2. The van der Waals surface area contributed by atoms with Crippen LogP contribution in [-0.4, -0.2) is 32.5 Å². The maximum atomic E-state index is 13.8. The van der Waals surface area contributed by atoms with Crippen LogP contribution in [0.3, 0.4) is 0 Å². The Bertz CT molecular complexity index is 1600. The minimum absolute atomic E-state index is 0.201. The van der Waals surface area contributed by atoms with Crippen molar-refractivity contribution in [3.05, 3.63) is 105 Å². The third-order valence-corrected chi connectivity index (χ3v) is 9.35. The van der Waals surface area contributed by atoms with Gasteiger partial charge in [-0.15, -0.1) is 0 Å². The number of aryl methyl sites for hydroxylation is 1. The first-order chi connectivity index (χ1) is 18.4. The molecular weight excluding hydrogens is 520 g/mol. The highest BCUT2D eigenvalue weighted by molar-refractivity contribution is 8.00. The summed E-state index contributed by atoms with van der Waals surface area (Å²) in [6.45, 7) is 1.74. The number of rotatable bonds is 5. The number of imide groups is 1. The number of hydrogen-bond donors (Lipinski definition) is 1. The molecule has 2 aromatic heterocycles. The number of thioether (sulfide) groups is 1. The molecule has 1 N–H and O–H groups in total. The largest absolute Gasteiger partial charge is 0.325 e. The molecule has 190 valence electrons. The molecule has 2 aliphatic heterocycles. The maximum absolute atomic E-state index is 13.8. The average Bonchev–Trinajstić information content (AvgIpc) is 3.36. The van der Waals surface area contributed by atoms with E-state index in [9.17, 15) is 19.2 Å². The smallest absolute Gasteiger partial charge is 0.308 e. The van der Waals surface area contributed by atoms with Crippen molar-refractivity contribution in [1.29, 1.82) is 0 Å². The number of benzene rings is 2. The Balaban J connectivity index is 1.41. The number of fused-ring (bicyclic) bond motifs is 2. The number of amides is 3. The number of carbonyl (C=O) groups is 3. The van der Waals surface area contributed by atoms with Crippen LogP contribution in [0.1, 0.15) is 21.9 Å². The molecule has 0 bridgehead atoms. The van der Waals surface area contributed by atoms with E-state index in [1.807, 2.05) is 43.3 Å². The van der Waals surface area contributed by atoms with Crippen LogP contribution in [0.15, 0.2) is 88.9 Å². The van der Waals surface area contributed by atoms with E-state index in [1.165, 1.54) is 21.2 Å². The van der Waals surface area contributed by atoms with Crippen molar-refractivity contribution in [3.8, 4) is 0 Å². The van der Waals surface area contributed by atoms with Crippen LogP contribution in [0.2, 0.25) is 0 Å². The fourth-order valence-electron chi connectivity index (χ4n) is 4.99. The summed E-state index contributed by atoms with van der Waals surface area (Å²) in [5, 5.41) is 2.62. The maximum Gasteiger partial charge on any atom is 0.308 e.